The van der Waals surface area contributed by atoms with Crippen LogP contribution in [-0.4, -0.2) is 57.5 Å². The van der Waals surface area contributed by atoms with Crippen molar-refractivity contribution in [1.82, 2.24) is 15.5 Å². The second-order valence-electron chi connectivity index (χ2n) is 4.60. The third-order valence-electron chi connectivity index (χ3n) is 3.01. The lowest BCUT2D eigenvalue weighted by Crippen LogP contribution is -2.39. The Hall–Kier alpha value is -2.28. The average molecular weight is 309 g/mol. The summed E-state index contributed by atoms with van der Waals surface area (Å²) in [4.78, 5) is 24.3. The molecule has 0 atom stereocenters. The molecule has 1 aromatic carbocycles. The van der Waals surface area contributed by atoms with Crippen molar-refractivity contribution in [2.45, 2.75) is 6.54 Å². The Morgan fingerprint density at radius 3 is 1.91 bits per heavy atom. The van der Waals surface area contributed by atoms with Crippen molar-refractivity contribution < 1.29 is 19.1 Å². The van der Waals surface area contributed by atoms with Crippen LogP contribution in [0.4, 0.5) is 9.59 Å². The van der Waals surface area contributed by atoms with Gasteiger partial charge in [0.15, 0.2) is 0 Å². The molecule has 0 aliphatic rings. The van der Waals surface area contributed by atoms with E-state index in [4.69, 9.17) is 0 Å². The molecule has 22 heavy (non-hydrogen) atoms. The van der Waals surface area contributed by atoms with E-state index in [0.29, 0.717) is 26.2 Å². The molecule has 0 fully saturated rings. The third kappa shape index (κ3) is 7.49. The van der Waals surface area contributed by atoms with Crippen molar-refractivity contribution in [1.29, 1.82) is 0 Å². The maximum Gasteiger partial charge on any atom is 0.406 e. The topological polar surface area (TPSA) is 79.9 Å². The number of benzene rings is 1. The summed E-state index contributed by atoms with van der Waals surface area (Å²) in [5.74, 6) is 0. The molecule has 0 aromatic heterocycles. The second kappa shape index (κ2) is 10.4. The Morgan fingerprint density at radius 2 is 1.45 bits per heavy atom. The molecule has 0 aliphatic heterocycles. The van der Waals surface area contributed by atoms with Crippen LogP contribution in [0.1, 0.15) is 5.56 Å². The largest absolute Gasteiger partial charge is 0.453 e. The number of nitrogens with zero attached hydrogens (tertiary/aromatic N) is 1. The van der Waals surface area contributed by atoms with E-state index in [0.717, 1.165) is 6.54 Å². The van der Waals surface area contributed by atoms with Crippen molar-refractivity contribution in [3.05, 3.63) is 35.9 Å². The molecule has 1 rings (SSSR count). The van der Waals surface area contributed by atoms with Gasteiger partial charge in [-0.2, -0.15) is 0 Å². The fraction of sp³-hybridized carbons (Fsp3) is 0.467. The molecule has 122 valence electrons. The number of alkyl carbamates (subject to hydrolysis) is 2. The van der Waals surface area contributed by atoms with Gasteiger partial charge in [-0.15, -0.1) is 0 Å². The first-order valence-electron chi connectivity index (χ1n) is 7.05. The quantitative estimate of drug-likeness (QED) is 0.754. The van der Waals surface area contributed by atoms with Gasteiger partial charge in [0.05, 0.1) is 14.2 Å². The number of hydrogen-bond donors (Lipinski definition) is 2. The standard InChI is InChI=1S/C15H23N3O4/c1-21-14(19)16-8-10-18(11-9-17-15(20)22-2)12-13-6-4-3-5-7-13/h3-7H,8-12H2,1-2H3,(H,16,19)(H,17,20). The molecular weight excluding hydrogens is 286 g/mol. The number of amides is 2. The highest BCUT2D eigenvalue weighted by Crippen LogP contribution is 2.03. The number of carbonyl (C=O) groups is 2. The number of ether oxygens (including phenoxy) is 2. The van der Waals surface area contributed by atoms with Crippen LogP contribution in [0.2, 0.25) is 0 Å². The van der Waals surface area contributed by atoms with Crippen LogP contribution in [-0.2, 0) is 16.0 Å². The lowest BCUT2D eigenvalue weighted by molar-refractivity contribution is 0.165. The molecule has 0 saturated heterocycles. The second-order valence-corrected chi connectivity index (χ2v) is 4.60. The molecule has 0 radical (unpaired) electrons. The van der Waals surface area contributed by atoms with Crippen LogP contribution in [0.15, 0.2) is 30.3 Å². The molecule has 0 heterocycles. The van der Waals surface area contributed by atoms with Gasteiger partial charge in [-0.3, -0.25) is 4.90 Å². The first kappa shape index (κ1) is 17.8. The summed E-state index contributed by atoms with van der Waals surface area (Å²) < 4.78 is 9.07. The van der Waals surface area contributed by atoms with E-state index in [1.807, 2.05) is 30.3 Å². The number of rotatable bonds is 8. The first-order chi connectivity index (χ1) is 10.7. The first-order valence-corrected chi connectivity index (χ1v) is 7.05. The van der Waals surface area contributed by atoms with Crippen LogP contribution in [0.3, 0.4) is 0 Å². The van der Waals surface area contributed by atoms with E-state index in [2.05, 4.69) is 25.0 Å². The molecule has 7 nitrogen and oxygen atoms in total. The number of hydrogen-bond acceptors (Lipinski definition) is 5. The van der Waals surface area contributed by atoms with E-state index in [-0.39, 0.29) is 0 Å². The zero-order valence-corrected chi connectivity index (χ0v) is 13.0. The highest BCUT2D eigenvalue weighted by Gasteiger charge is 2.08. The summed E-state index contributed by atoms with van der Waals surface area (Å²) in [6.07, 6.45) is -0.903. The summed E-state index contributed by atoms with van der Waals surface area (Å²) in [5.41, 5.74) is 1.17. The maximum atomic E-state index is 11.1. The predicted molar refractivity (Wildman–Crippen MR) is 82.5 cm³/mol. The summed E-state index contributed by atoms with van der Waals surface area (Å²) in [7, 11) is 2.66. The summed E-state index contributed by atoms with van der Waals surface area (Å²) in [5, 5.41) is 5.29. The molecule has 0 aliphatic carbocycles. The van der Waals surface area contributed by atoms with E-state index >= 15 is 0 Å². The minimum Gasteiger partial charge on any atom is -0.453 e. The third-order valence-corrected chi connectivity index (χ3v) is 3.01. The zero-order valence-electron chi connectivity index (χ0n) is 13.0. The monoisotopic (exact) mass is 309 g/mol. The molecule has 7 heteroatoms. The van der Waals surface area contributed by atoms with Gasteiger partial charge in [0, 0.05) is 32.7 Å². The zero-order chi connectivity index (χ0) is 16.2. The Labute approximate surface area is 130 Å². The van der Waals surface area contributed by atoms with Gasteiger partial charge in [-0.25, -0.2) is 9.59 Å². The molecule has 0 unspecified atom stereocenters. The van der Waals surface area contributed by atoms with Gasteiger partial charge >= 0.3 is 12.2 Å². The smallest absolute Gasteiger partial charge is 0.406 e. The lowest BCUT2D eigenvalue weighted by Gasteiger charge is -2.22. The summed E-state index contributed by atoms with van der Waals surface area (Å²) >= 11 is 0. The minimum atomic E-state index is -0.452. The lowest BCUT2D eigenvalue weighted by atomic mass is 10.2. The van der Waals surface area contributed by atoms with Crippen molar-refractivity contribution in [3.63, 3.8) is 0 Å². The highest BCUT2D eigenvalue weighted by atomic mass is 16.5. The molecule has 1 aromatic rings. The van der Waals surface area contributed by atoms with E-state index in [9.17, 15) is 9.59 Å². The Balaban J connectivity index is 2.45. The van der Waals surface area contributed by atoms with Crippen LogP contribution in [0, 0.1) is 0 Å². The van der Waals surface area contributed by atoms with Crippen LogP contribution < -0.4 is 10.6 Å². The molecule has 0 bridgehead atoms. The molecule has 0 saturated carbocycles. The van der Waals surface area contributed by atoms with Gasteiger partial charge < -0.3 is 20.1 Å². The maximum absolute atomic E-state index is 11.1. The van der Waals surface area contributed by atoms with Crippen molar-refractivity contribution in [3.8, 4) is 0 Å². The Kier molecular flexibility index (Phi) is 8.44. The van der Waals surface area contributed by atoms with Crippen LogP contribution in [0.5, 0.6) is 0 Å². The van der Waals surface area contributed by atoms with Crippen LogP contribution in [0.25, 0.3) is 0 Å². The fourth-order valence-electron chi connectivity index (χ4n) is 1.89. The van der Waals surface area contributed by atoms with E-state index < -0.39 is 12.2 Å². The van der Waals surface area contributed by atoms with Crippen molar-refractivity contribution in [2.24, 2.45) is 0 Å². The fourth-order valence-corrected chi connectivity index (χ4v) is 1.89. The minimum absolute atomic E-state index is 0.452. The van der Waals surface area contributed by atoms with Gasteiger partial charge in [-0.1, -0.05) is 30.3 Å². The number of methoxy groups -OCH3 is 2. The van der Waals surface area contributed by atoms with Crippen molar-refractivity contribution in [2.75, 3.05) is 40.4 Å². The normalized spacial score (nSPS) is 10.1. The van der Waals surface area contributed by atoms with E-state index in [1.165, 1.54) is 19.8 Å². The number of carbonyl (C=O) groups excluding carboxylic acids is 2. The van der Waals surface area contributed by atoms with Crippen LogP contribution >= 0.6 is 0 Å². The molecule has 0 spiro atoms. The average Bonchev–Trinajstić information content (AvgIpc) is 2.55. The highest BCUT2D eigenvalue weighted by molar-refractivity contribution is 5.67. The Bertz CT molecular complexity index is 431. The van der Waals surface area contributed by atoms with Gasteiger partial charge in [0.2, 0.25) is 0 Å². The van der Waals surface area contributed by atoms with Gasteiger partial charge in [-0.05, 0) is 5.56 Å². The number of nitrogens with one attached hydrogen (secondary N) is 2. The summed E-state index contributed by atoms with van der Waals surface area (Å²) in [6, 6.07) is 9.99. The van der Waals surface area contributed by atoms with E-state index in [1.54, 1.807) is 0 Å². The molecular formula is C15H23N3O4. The van der Waals surface area contributed by atoms with Crippen molar-refractivity contribution >= 4 is 12.2 Å². The van der Waals surface area contributed by atoms with Gasteiger partial charge in [0.1, 0.15) is 0 Å². The molecule has 2 amide bonds. The van der Waals surface area contributed by atoms with Gasteiger partial charge in [0.25, 0.3) is 0 Å². The predicted octanol–water partition coefficient (Wildman–Crippen LogP) is 1.20. The molecule has 2 N–H and O–H groups in total. The Morgan fingerprint density at radius 1 is 0.955 bits per heavy atom. The SMILES string of the molecule is COC(=O)NCCN(CCNC(=O)OC)Cc1ccccc1. The summed E-state index contributed by atoms with van der Waals surface area (Å²) in [6.45, 7) is 2.96.